The fourth-order valence-corrected chi connectivity index (χ4v) is 2.23. The first-order valence-electron chi connectivity index (χ1n) is 6.89. The molecule has 1 saturated carbocycles. The Morgan fingerprint density at radius 2 is 2.05 bits per heavy atom. The van der Waals surface area contributed by atoms with Crippen LogP contribution in [0.3, 0.4) is 0 Å². The van der Waals surface area contributed by atoms with Gasteiger partial charge in [-0.1, -0.05) is 37.3 Å². The summed E-state index contributed by atoms with van der Waals surface area (Å²) >= 11 is 0. The molecule has 0 aliphatic heterocycles. The zero-order chi connectivity index (χ0) is 13.7. The van der Waals surface area contributed by atoms with Gasteiger partial charge in [-0.2, -0.15) is 0 Å². The topological polar surface area (TPSA) is 61.4 Å². The zero-order valence-electron chi connectivity index (χ0n) is 11.4. The summed E-state index contributed by atoms with van der Waals surface area (Å²) in [5, 5.41) is 15.1. The van der Waals surface area contributed by atoms with Crippen LogP contribution < -0.4 is 10.6 Å². The lowest BCUT2D eigenvalue weighted by Crippen LogP contribution is -2.41. The number of urea groups is 1. The number of aliphatic hydroxyl groups excluding tert-OH is 1. The van der Waals surface area contributed by atoms with E-state index in [-0.39, 0.29) is 18.7 Å². The van der Waals surface area contributed by atoms with Crippen molar-refractivity contribution in [3.8, 4) is 0 Å². The van der Waals surface area contributed by atoms with Gasteiger partial charge in [0.05, 0.1) is 12.6 Å². The number of benzene rings is 1. The molecule has 1 unspecified atom stereocenters. The SMILES string of the molecule is CCC1(CNC(=O)NC(CO)c2ccccc2)CC1. The molecule has 3 N–H and O–H groups in total. The number of carbonyl (C=O) groups is 1. The first-order valence-corrected chi connectivity index (χ1v) is 6.89. The minimum absolute atomic E-state index is 0.101. The number of carbonyl (C=O) groups excluding carboxylic acids is 1. The molecular weight excluding hydrogens is 240 g/mol. The smallest absolute Gasteiger partial charge is 0.315 e. The molecule has 1 atom stereocenters. The Morgan fingerprint density at radius 3 is 2.58 bits per heavy atom. The van der Waals surface area contributed by atoms with Crippen molar-refractivity contribution in [2.45, 2.75) is 32.2 Å². The molecule has 1 fully saturated rings. The van der Waals surface area contributed by atoms with Crippen LogP contribution in [-0.2, 0) is 0 Å². The van der Waals surface area contributed by atoms with Crippen molar-refractivity contribution < 1.29 is 9.90 Å². The summed E-state index contributed by atoms with van der Waals surface area (Å²) in [5.41, 5.74) is 1.25. The number of aliphatic hydroxyl groups is 1. The Morgan fingerprint density at radius 1 is 1.37 bits per heavy atom. The fraction of sp³-hybridized carbons (Fsp3) is 0.533. The van der Waals surface area contributed by atoms with Crippen molar-refractivity contribution >= 4 is 6.03 Å². The van der Waals surface area contributed by atoms with Gasteiger partial charge in [0.15, 0.2) is 0 Å². The van der Waals surface area contributed by atoms with Crippen molar-refractivity contribution in [3.05, 3.63) is 35.9 Å². The van der Waals surface area contributed by atoms with Gasteiger partial charge in [0.1, 0.15) is 0 Å². The maximum atomic E-state index is 11.8. The summed E-state index contributed by atoms with van der Waals surface area (Å²) in [7, 11) is 0. The van der Waals surface area contributed by atoms with Gasteiger partial charge in [-0.05, 0) is 30.2 Å². The Labute approximate surface area is 114 Å². The first kappa shape index (κ1) is 13.9. The van der Waals surface area contributed by atoms with Gasteiger partial charge >= 0.3 is 6.03 Å². The number of hydrogen-bond donors (Lipinski definition) is 3. The highest BCUT2D eigenvalue weighted by Crippen LogP contribution is 2.47. The second-order valence-electron chi connectivity index (χ2n) is 5.33. The van der Waals surface area contributed by atoms with Crippen LogP contribution in [0.4, 0.5) is 4.79 Å². The molecule has 1 aromatic carbocycles. The molecule has 0 aromatic heterocycles. The number of rotatable bonds is 6. The summed E-state index contributed by atoms with van der Waals surface area (Å²) in [4.78, 5) is 11.8. The van der Waals surface area contributed by atoms with Crippen LogP contribution in [0.1, 0.15) is 37.8 Å². The maximum Gasteiger partial charge on any atom is 0.315 e. The number of amides is 2. The maximum absolute atomic E-state index is 11.8. The third-order valence-electron chi connectivity index (χ3n) is 4.02. The lowest BCUT2D eigenvalue weighted by Gasteiger charge is -2.19. The van der Waals surface area contributed by atoms with Gasteiger partial charge < -0.3 is 15.7 Å². The summed E-state index contributed by atoms with van der Waals surface area (Å²) < 4.78 is 0. The second kappa shape index (κ2) is 6.06. The van der Waals surface area contributed by atoms with E-state index >= 15 is 0 Å². The van der Waals surface area contributed by atoms with Gasteiger partial charge in [0.2, 0.25) is 0 Å². The molecule has 4 heteroatoms. The van der Waals surface area contributed by atoms with Crippen molar-refractivity contribution in [2.24, 2.45) is 5.41 Å². The van der Waals surface area contributed by atoms with Crippen LogP contribution >= 0.6 is 0 Å². The standard InChI is InChI=1S/C15H22N2O2/c1-2-15(8-9-15)11-16-14(19)17-13(10-18)12-6-4-3-5-7-12/h3-7,13,18H,2,8-11H2,1H3,(H2,16,17,19). The molecule has 0 saturated heterocycles. The van der Waals surface area contributed by atoms with Gasteiger partial charge in [0, 0.05) is 6.54 Å². The molecule has 19 heavy (non-hydrogen) atoms. The van der Waals surface area contributed by atoms with E-state index < -0.39 is 0 Å². The summed E-state index contributed by atoms with van der Waals surface area (Å²) in [6, 6.07) is 8.95. The lowest BCUT2D eigenvalue weighted by molar-refractivity contribution is 0.215. The van der Waals surface area contributed by atoms with Gasteiger partial charge in [-0.3, -0.25) is 0 Å². The number of nitrogens with one attached hydrogen (secondary N) is 2. The predicted octanol–water partition coefficient (Wildman–Crippen LogP) is 2.21. The van der Waals surface area contributed by atoms with E-state index in [2.05, 4.69) is 17.6 Å². The lowest BCUT2D eigenvalue weighted by atomic mass is 10.0. The summed E-state index contributed by atoms with van der Waals surface area (Å²) in [5.74, 6) is 0. The van der Waals surface area contributed by atoms with Gasteiger partial charge in [-0.15, -0.1) is 0 Å². The third kappa shape index (κ3) is 3.70. The van der Waals surface area contributed by atoms with E-state index in [0.717, 1.165) is 18.5 Å². The quantitative estimate of drug-likeness (QED) is 0.736. The van der Waals surface area contributed by atoms with Crippen molar-refractivity contribution in [3.63, 3.8) is 0 Å². The molecule has 4 nitrogen and oxygen atoms in total. The van der Waals surface area contributed by atoms with Gasteiger partial charge in [-0.25, -0.2) is 4.79 Å². The molecular formula is C15H22N2O2. The van der Waals surface area contributed by atoms with E-state index in [1.807, 2.05) is 30.3 Å². The highest BCUT2D eigenvalue weighted by atomic mass is 16.3. The van der Waals surface area contributed by atoms with Crippen LogP contribution in [0.2, 0.25) is 0 Å². The second-order valence-corrected chi connectivity index (χ2v) is 5.33. The van der Waals surface area contributed by atoms with Crippen LogP contribution in [0.25, 0.3) is 0 Å². The monoisotopic (exact) mass is 262 g/mol. The van der Waals surface area contributed by atoms with Crippen molar-refractivity contribution in [1.29, 1.82) is 0 Å². The summed E-state index contributed by atoms with van der Waals surface area (Å²) in [6.45, 7) is 2.78. The fourth-order valence-electron chi connectivity index (χ4n) is 2.23. The first-order chi connectivity index (χ1) is 9.19. The average Bonchev–Trinajstić information content (AvgIpc) is 3.24. The van der Waals surface area contributed by atoms with E-state index in [0.29, 0.717) is 5.41 Å². The van der Waals surface area contributed by atoms with E-state index in [4.69, 9.17) is 0 Å². The molecule has 1 aromatic rings. The Balaban J connectivity index is 1.83. The van der Waals surface area contributed by atoms with E-state index in [1.165, 1.54) is 12.8 Å². The Bertz CT molecular complexity index is 415. The van der Waals surface area contributed by atoms with Crippen LogP contribution in [0, 0.1) is 5.41 Å². The molecule has 104 valence electrons. The molecule has 0 spiro atoms. The molecule has 1 aliphatic rings. The van der Waals surface area contributed by atoms with Crippen LogP contribution in [0.15, 0.2) is 30.3 Å². The molecule has 2 amide bonds. The average molecular weight is 262 g/mol. The minimum Gasteiger partial charge on any atom is -0.394 e. The molecule has 0 radical (unpaired) electrons. The van der Waals surface area contributed by atoms with E-state index in [9.17, 15) is 9.90 Å². The summed E-state index contributed by atoms with van der Waals surface area (Å²) in [6.07, 6.45) is 3.51. The minimum atomic E-state index is -0.349. The van der Waals surface area contributed by atoms with Crippen LogP contribution in [0.5, 0.6) is 0 Å². The van der Waals surface area contributed by atoms with Crippen LogP contribution in [-0.4, -0.2) is 24.3 Å². The van der Waals surface area contributed by atoms with Crippen molar-refractivity contribution in [1.82, 2.24) is 10.6 Å². The molecule has 2 rings (SSSR count). The number of hydrogen-bond acceptors (Lipinski definition) is 2. The Kier molecular flexibility index (Phi) is 4.43. The predicted molar refractivity (Wildman–Crippen MR) is 74.8 cm³/mol. The molecule has 0 heterocycles. The van der Waals surface area contributed by atoms with E-state index in [1.54, 1.807) is 0 Å². The molecule has 0 bridgehead atoms. The van der Waals surface area contributed by atoms with Gasteiger partial charge in [0.25, 0.3) is 0 Å². The largest absolute Gasteiger partial charge is 0.394 e. The van der Waals surface area contributed by atoms with Crippen molar-refractivity contribution in [2.75, 3.05) is 13.2 Å². The third-order valence-corrected chi connectivity index (χ3v) is 4.02. The zero-order valence-corrected chi connectivity index (χ0v) is 11.4. The normalized spacial score (nSPS) is 17.6. The highest BCUT2D eigenvalue weighted by molar-refractivity contribution is 5.74. The molecule has 1 aliphatic carbocycles. The Hall–Kier alpha value is -1.55. The highest BCUT2D eigenvalue weighted by Gasteiger charge is 2.40.